The fraction of sp³-hybridized carbons (Fsp3) is 0.150. The first-order valence-electron chi connectivity index (χ1n) is 8.63. The molecule has 0 spiro atoms. The molecule has 6 nitrogen and oxygen atoms in total. The predicted octanol–water partition coefficient (Wildman–Crippen LogP) is 5.05. The van der Waals surface area contributed by atoms with Crippen LogP contribution < -0.4 is 24.3 Å². The molecular weight excluding hydrogens is 423 g/mol. The summed E-state index contributed by atoms with van der Waals surface area (Å²) in [4.78, 5) is 12.8. The Morgan fingerprint density at radius 1 is 1.13 bits per heavy atom. The predicted molar refractivity (Wildman–Crippen MR) is 102 cm³/mol. The Bertz CT molecular complexity index is 1070. The lowest BCUT2D eigenvalue weighted by molar-refractivity contribution is -0.0495. The number of fused-ring (bicyclic) bond motifs is 1. The monoisotopic (exact) mass is 437 g/mol. The van der Waals surface area contributed by atoms with E-state index in [1.165, 1.54) is 0 Å². The van der Waals surface area contributed by atoms with Crippen LogP contribution >= 0.6 is 11.3 Å². The molecule has 1 aromatic heterocycles. The van der Waals surface area contributed by atoms with Gasteiger partial charge in [0.2, 0.25) is 6.79 Å². The molecule has 30 heavy (non-hydrogen) atoms. The standard InChI is InChI=1S/C20H14F3NO5S/c21-12-1-3-14(16(6-12)29-20(22)23)24-19(25)18-5-11(9-30-18)8-26-13-2-4-15-17(7-13)28-10-27-15/h1-7,9,20H,8,10H2,(H,24,25). The van der Waals surface area contributed by atoms with Gasteiger partial charge < -0.3 is 24.3 Å². The molecule has 0 unspecified atom stereocenters. The quantitative estimate of drug-likeness (QED) is 0.561. The fourth-order valence-corrected chi connectivity index (χ4v) is 3.47. The lowest BCUT2D eigenvalue weighted by Crippen LogP contribution is -2.13. The molecule has 2 heterocycles. The molecule has 1 aliphatic heterocycles. The molecule has 156 valence electrons. The summed E-state index contributed by atoms with van der Waals surface area (Å²) in [6.45, 7) is -2.77. The van der Waals surface area contributed by atoms with E-state index in [0.29, 0.717) is 22.1 Å². The number of hydrogen-bond donors (Lipinski definition) is 1. The molecule has 3 aromatic rings. The highest BCUT2D eigenvalue weighted by Crippen LogP contribution is 2.35. The number of amides is 1. The minimum absolute atomic E-state index is 0.0618. The Hall–Kier alpha value is -3.40. The second-order valence-electron chi connectivity index (χ2n) is 6.10. The molecule has 0 radical (unpaired) electrons. The van der Waals surface area contributed by atoms with Crippen LogP contribution in [0, 0.1) is 5.82 Å². The summed E-state index contributed by atoms with van der Waals surface area (Å²) < 4.78 is 58.8. The van der Waals surface area contributed by atoms with Crippen LogP contribution in [0.5, 0.6) is 23.0 Å². The number of ether oxygens (including phenoxy) is 4. The average molecular weight is 437 g/mol. The number of hydrogen-bond acceptors (Lipinski definition) is 6. The molecule has 1 amide bonds. The summed E-state index contributed by atoms with van der Waals surface area (Å²) in [5.41, 5.74) is 0.680. The SMILES string of the molecule is O=C(Nc1ccc(F)cc1OC(F)F)c1cc(COc2ccc3c(c2)OCO3)cs1. The topological polar surface area (TPSA) is 66.0 Å². The summed E-state index contributed by atoms with van der Waals surface area (Å²) in [5, 5.41) is 4.19. The molecule has 0 saturated heterocycles. The zero-order chi connectivity index (χ0) is 21.1. The van der Waals surface area contributed by atoms with Crippen LogP contribution in [0.2, 0.25) is 0 Å². The first kappa shape index (κ1) is 19.9. The Morgan fingerprint density at radius 3 is 2.80 bits per heavy atom. The van der Waals surface area contributed by atoms with E-state index in [4.69, 9.17) is 14.2 Å². The van der Waals surface area contributed by atoms with Gasteiger partial charge in [0.05, 0.1) is 10.6 Å². The summed E-state index contributed by atoms with van der Waals surface area (Å²) >= 11 is 1.16. The van der Waals surface area contributed by atoms with Crippen molar-refractivity contribution < 1.29 is 36.9 Å². The van der Waals surface area contributed by atoms with Gasteiger partial charge in [-0.2, -0.15) is 8.78 Å². The molecule has 1 aliphatic rings. The maximum Gasteiger partial charge on any atom is 0.387 e. The Labute approximate surface area is 172 Å². The third kappa shape index (κ3) is 4.60. The van der Waals surface area contributed by atoms with Gasteiger partial charge in [-0.05, 0) is 35.7 Å². The molecule has 10 heteroatoms. The van der Waals surface area contributed by atoms with Crippen molar-refractivity contribution in [1.29, 1.82) is 0 Å². The molecule has 1 N–H and O–H groups in total. The van der Waals surface area contributed by atoms with E-state index in [2.05, 4.69) is 10.1 Å². The van der Waals surface area contributed by atoms with Gasteiger partial charge in [0.1, 0.15) is 18.2 Å². The van der Waals surface area contributed by atoms with E-state index in [1.807, 2.05) is 0 Å². The molecule has 0 aliphatic carbocycles. The first-order valence-corrected chi connectivity index (χ1v) is 9.51. The van der Waals surface area contributed by atoms with E-state index in [0.717, 1.165) is 35.1 Å². The van der Waals surface area contributed by atoms with Crippen LogP contribution in [-0.4, -0.2) is 19.3 Å². The summed E-state index contributed by atoms with van der Waals surface area (Å²) in [6.07, 6.45) is 0. The van der Waals surface area contributed by atoms with E-state index in [1.54, 1.807) is 29.6 Å². The van der Waals surface area contributed by atoms with Crippen LogP contribution in [0.4, 0.5) is 18.9 Å². The highest BCUT2D eigenvalue weighted by atomic mass is 32.1. The highest BCUT2D eigenvalue weighted by molar-refractivity contribution is 7.12. The third-order valence-electron chi connectivity index (χ3n) is 4.03. The Balaban J connectivity index is 1.40. The van der Waals surface area contributed by atoms with Gasteiger partial charge in [-0.25, -0.2) is 4.39 Å². The zero-order valence-electron chi connectivity index (χ0n) is 15.2. The van der Waals surface area contributed by atoms with Gasteiger partial charge in [0.15, 0.2) is 17.2 Å². The lowest BCUT2D eigenvalue weighted by atomic mass is 10.2. The van der Waals surface area contributed by atoms with Crippen molar-refractivity contribution in [2.24, 2.45) is 0 Å². The molecule has 0 saturated carbocycles. The molecule has 0 fully saturated rings. The molecule has 0 atom stereocenters. The van der Waals surface area contributed by atoms with E-state index in [9.17, 15) is 18.0 Å². The highest BCUT2D eigenvalue weighted by Gasteiger charge is 2.17. The first-order chi connectivity index (χ1) is 14.5. The zero-order valence-corrected chi connectivity index (χ0v) is 16.0. The number of anilines is 1. The maximum absolute atomic E-state index is 13.3. The number of rotatable bonds is 7. The van der Waals surface area contributed by atoms with Crippen LogP contribution in [0.25, 0.3) is 0 Å². The van der Waals surface area contributed by atoms with E-state index < -0.39 is 24.1 Å². The third-order valence-corrected chi connectivity index (χ3v) is 5.01. The Kier molecular flexibility index (Phi) is 5.66. The maximum atomic E-state index is 13.3. The average Bonchev–Trinajstić information content (AvgIpc) is 3.36. The van der Waals surface area contributed by atoms with Crippen molar-refractivity contribution in [1.82, 2.24) is 0 Å². The van der Waals surface area contributed by atoms with E-state index in [-0.39, 0.29) is 19.1 Å². The van der Waals surface area contributed by atoms with Crippen molar-refractivity contribution in [3.8, 4) is 23.0 Å². The van der Waals surface area contributed by atoms with Crippen LogP contribution in [0.3, 0.4) is 0 Å². The summed E-state index contributed by atoms with van der Waals surface area (Å²) in [7, 11) is 0. The second-order valence-corrected chi connectivity index (χ2v) is 7.01. The number of halogens is 3. The van der Waals surface area contributed by atoms with Gasteiger partial charge in [-0.1, -0.05) is 0 Å². The number of carbonyl (C=O) groups excluding carboxylic acids is 1. The fourth-order valence-electron chi connectivity index (χ4n) is 2.68. The summed E-state index contributed by atoms with van der Waals surface area (Å²) in [5.74, 6) is 0.0624. The van der Waals surface area contributed by atoms with Crippen molar-refractivity contribution in [3.05, 3.63) is 64.1 Å². The number of alkyl halides is 2. The normalized spacial score (nSPS) is 12.1. The van der Waals surface area contributed by atoms with Gasteiger partial charge >= 0.3 is 6.61 Å². The number of thiophene rings is 1. The van der Waals surface area contributed by atoms with Crippen molar-refractivity contribution >= 4 is 22.9 Å². The van der Waals surface area contributed by atoms with Crippen LogP contribution in [0.15, 0.2) is 47.8 Å². The smallest absolute Gasteiger partial charge is 0.387 e. The van der Waals surface area contributed by atoms with Gasteiger partial charge in [0, 0.05) is 17.7 Å². The van der Waals surface area contributed by atoms with Crippen molar-refractivity contribution in [2.75, 3.05) is 12.1 Å². The number of carbonyl (C=O) groups is 1. The van der Waals surface area contributed by atoms with Gasteiger partial charge in [-0.15, -0.1) is 11.3 Å². The Morgan fingerprint density at radius 2 is 1.97 bits per heavy atom. The van der Waals surface area contributed by atoms with Crippen molar-refractivity contribution in [2.45, 2.75) is 13.2 Å². The number of benzene rings is 2. The largest absolute Gasteiger partial charge is 0.489 e. The molecule has 4 rings (SSSR count). The minimum atomic E-state index is -3.15. The van der Waals surface area contributed by atoms with Gasteiger partial charge in [-0.3, -0.25) is 4.79 Å². The van der Waals surface area contributed by atoms with Crippen LogP contribution in [0.1, 0.15) is 15.2 Å². The van der Waals surface area contributed by atoms with E-state index >= 15 is 0 Å². The molecule has 2 aromatic carbocycles. The van der Waals surface area contributed by atoms with Gasteiger partial charge in [0.25, 0.3) is 5.91 Å². The van der Waals surface area contributed by atoms with Crippen LogP contribution in [-0.2, 0) is 6.61 Å². The molecule has 0 bridgehead atoms. The minimum Gasteiger partial charge on any atom is -0.489 e. The lowest BCUT2D eigenvalue weighted by Gasteiger charge is -2.11. The summed E-state index contributed by atoms with van der Waals surface area (Å²) in [6, 6.07) is 9.78. The van der Waals surface area contributed by atoms with Crippen molar-refractivity contribution in [3.63, 3.8) is 0 Å². The number of nitrogens with one attached hydrogen (secondary N) is 1. The molecular formula is C20H14F3NO5S. The second kappa shape index (κ2) is 8.54.